The first kappa shape index (κ1) is 13.4. The van der Waals surface area contributed by atoms with Crippen molar-refractivity contribution in [1.82, 2.24) is 0 Å². The summed E-state index contributed by atoms with van der Waals surface area (Å²) in [6.45, 7) is 2.25. The topological polar surface area (TPSA) is 61.5 Å². The van der Waals surface area contributed by atoms with Crippen LogP contribution in [-0.2, 0) is 16.0 Å². The molecular weight excluding hydrogens is 218 g/mol. The van der Waals surface area contributed by atoms with Crippen LogP contribution in [0.4, 0.5) is 5.69 Å². The second kappa shape index (κ2) is 6.78. The van der Waals surface area contributed by atoms with Gasteiger partial charge in [-0.15, -0.1) is 0 Å². The molecule has 0 aliphatic carbocycles. The number of ether oxygens (including phenoxy) is 2. The van der Waals surface area contributed by atoms with Crippen LogP contribution in [0.3, 0.4) is 0 Å². The lowest BCUT2D eigenvalue weighted by atomic mass is 10.1. The highest BCUT2D eigenvalue weighted by atomic mass is 16.5. The number of rotatable bonds is 6. The van der Waals surface area contributed by atoms with E-state index in [9.17, 15) is 4.79 Å². The number of aryl methyl sites for hydroxylation is 1. The molecule has 94 valence electrons. The molecule has 0 aromatic heterocycles. The quantitative estimate of drug-likeness (QED) is 0.608. The maximum atomic E-state index is 11.1. The molecule has 0 aliphatic heterocycles. The zero-order valence-corrected chi connectivity index (χ0v) is 10.4. The fraction of sp³-hybridized carbons (Fsp3) is 0.462. The van der Waals surface area contributed by atoms with E-state index in [1.54, 1.807) is 7.11 Å². The van der Waals surface area contributed by atoms with Crippen LogP contribution < -0.4 is 10.5 Å². The van der Waals surface area contributed by atoms with Gasteiger partial charge in [-0.2, -0.15) is 0 Å². The van der Waals surface area contributed by atoms with Crippen molar-refractivity contribution in [2.24, 2.45) is 0 Å². The van der Waals surface area contributed by atoms with Crippen molar-refractivity contribution in [1.29, 1.82) is 0 Å². The van der Waals surface area contributed by atoms with Gasteiger partial charge in [0.1, 0.15) is 5.75 Å². The number of hydrogen-bond acceptors (Lipinski definition) is 4. The van der Waals surface area contributed by atoms with Gasteiger partial charge in [-0.25, -0.2) is 0 Å². The largest absolute Gasteiger partial charge is 0.495 e. The van der Waals surface area contributed by atoms with Crippen LogP contribution >= 0.6 is 0 Å². The smallest absolute Gasteiger partial charge is 0.305 e. The molecule has 0 radical (unpaired) electrons. The molecule has 1 aromatic rings. The second-order valence-electron chi connectivity index (χ2n) is 3.73. The van der Waals surface area contributed by atoms with Crippen LogP contribution in [0.5, 0.6) is 5.75 Å². The Morgan fingerprint density at radius 1 is 1.41 bits per heavy atom. The van der Waals surface area contributed by atoms with Gasteiger partial charge in [-0.05, 0) is 37.5 Å². The molecule has 4 heteroatoms. The Morgan fingerprint density at radius 2 is 2.18 bits per heavy atom. The van der Waals surface area contributed by atoms with E-state index in [0.717, 1.165) is 18.4 Å². The molecule has 0 bridgehead atoms. The van der Waals surface area contributed by atoms with Crippen molar-refractivity contribution >= 4 is 11.7 Å². The number of nitrogen functional groups attached to an aromatic ring is 1. The minimum absolute atomic E-state index is 0.144. The van der Waals surface area contributed by atoms with Gasteiger partial charge >= 0.3 is 5.97 Å². The van der Waals surface area contributed by atoms with E-state index in [4.69, 9.17) is 15.2 Å². The van der Waals surface area contributed by atoms with E-state index in [0.29, 0.717) is 24.5 Å². The van der Waals surface area contributed by atoms with Crippen LogP contribution in [0.25, 0.3) is 0 Å². The van der Waals surface area contributed by atoms with Crippen LogP contribution in [-0.4, -0.2) is 19.7 Å². The summed E-state index contributed by atoms with van der Waals surface area (Å²) in [7, 11) is 1.59. The molecule has 0 amide bonds. The fourth-order valence-electron chi connectivity index (χ4n) is 1.61. The van der Waals surface area contributed by atoms with Gasteiger partial charge in [0.05, 0.1) is 19.4 Å². The van der Waals surface area contributed by atoms with Crippen LogP contribution in [0.1, 0.15) is 25.3 Å². The summed E-state index contributed by atoms with van der Waals surface area (Å²) in [6.07, 6.45) is 2.03. The summed E-state index contributed by atoms with van der Waals surface area (Å²) in [4.78, 5) is 11.1. The van der Waals surface area contributed by atoms with Crippen LogP contribution in [0.15, 0.2) is 18.2 Å². The SMILES string of the molecule is CCOC(=O)CCCc1ccc(OC)c(N)c1. The number of benzene rings is 1. The lowest BCUT2D eigenvalue weighted by molar-refractivity contribution is -0.143. The maximum Gasteiger partial charge on any atom is 0.305 e. The number of carbonyl (C=O) groups excluding carboxylic acids is 1. The highest BCUT2D eigenvalue weighted by molar-refractivity contribution is 5.69. The third kappa shape index (κ3) is 4.34. The molecular formula is C13H19NO3. The first-order chi connectivity index (χ1) is 8.17. The Hall–Kier alpha value is -1.71. The first-order valence-electron chi connectivity index (χ1n) is 5.75. The van der Waals surface area contributed by atoms with E-state index in [1.165, 1.54) is 0 Å². The summed E-state index contributed by atoms with van der Waals surface area (Å²) in [5.41, 5.74) is 7.52. The number of hydrogen-bond donors (Lipinski definition) is 1. The maximum absolute atomic E-state index is 11.1. The standard InChI is InChI=1S/C13H19NO3/c1-3-17-13(15)6-4-5-10-7-8-12(16-2)11(14)9-10/h7-9H,3-6,14H2,1-2H3. The monoisotopic (exact) mass is 237 g/mol. The van der Waals surface area contributed by atoms with Crippen molar-refractivity contribution < 1.29 is 14.3 Å². The van der Waals surface area contributed by atoms with Gasteiger partial charge in [0, 0.05) is 6.42 Å². The highest BCUT2D eigenvalue weighted by Crippen LogP contribution is 2.22. The molecule has 0 atom stereocenters. The number of esters is 1. The molecule has 1 rings (SSSR count). The van der Waals surface area contributed by atoms with Crippen molar-refractivity contribution in [3.63, 3.8) is 0 Å². The van der Waals surface area contributed by atoms with Crippen molar-refractivity contribution in [3.05, 3.63) is 23.8 Å². The van der Waals surface area contributed by atoms with E-state index in [-0.39, 0.29) is 5.97 Å². The molecule has 4 nitrogen and oxygen atoms in total. The molecule has 2 N–H and O–H groups in total. The average molecular weight is 237 g/mol. The van der Waals surface area contributed by atoms with Gasteiger partial charge < -0.3 is 15.2 Å². The third-order valence-corrected chi connectivity index (χ3v) is 2.45. The Bertz CT molecular complexity index is 377. The first-order valence-corrected chi connectivity index (χ1v) is 5.75. The number of carbonyl (C=O) groups is 1. The van der Waals surface area contributed by atoms with E-state index >= 15 is 0 Å². The Kier molecular flexibility index (Phi) is 5.33. The summed E-state index contributed by atoms with van der Waals surface area (Å²) < 4.78 is 9.93. The molecule has 0 spiro atoms. The second-order valence-corrected chi connectivity index (χ2v) is 3.73. The molecule has 0 unspecified atom stereocenters. The van der Waals surface area contributed by atoms with Crippen molar-refractivity contribution in [3.8, 4) is 5.75 Å². The highest BCUT2D eigenvalue weighted by Gasteiger charge is 2.04. The Morgan fingerprint density at radius 3 is 2.76 bits per heavy atom. The predicted molar refractivity (Wildman–Crippen MR) is 67.0 cm³/mol. The number of methoxy groups -OCH3 is 1. The Labute approximate surface area is 102 Å². The van der Waals surface area contributed by atoms with Gasteiger partial charge in [-0.1, -0.05) is 6.07 Å². The van der Waals surface area contributed by atoms with E-state index in [2.05, 4.69) is 0 Å². The third-order valence-electron chi connectivity index (χ3n) is 2.45. The average Bonchev–Trinajstić information content (AvgIpc) is 2.29. The van der Waals surface area contributed by atoms with Crippen molar-refractivity contribution in [2.75, 3.05) is 19.5 Å². The summed E-state index contributed by atoms with van der Waals surface area (Å²) in [5, 5.41) is 0. The van der Waals surface area contributed by atoms with E-state index < -0.39 is 0 Å². The van der Waals surface area contributed by atoms with Gasteiger partial charge in [0.15, 0.2) is 0 Å². The molecule has 0 aliphatic rings. The molecule has 0 fully saturated rings. The number of anilines is 1. The van der Waals surface area contributed by atoms with Crippen molar-refractivity contribution in [2.45, 2.75) is 26.2 Å². The minimum atomic E-state index is -0.144. The molecule has 0 saturated heterocycles. The van der Waals surface area contributed by atoms with Gasteiger partial charge in [0.25, 0.3) is 0 Å². The lowest BCUT2D eigenvalue weighted by Gasteiger charge is -2.07. The van der Waals surface area contributed by atoms with Crippen LogP contribution in [0, 0.1) is 0 Å². The minimum Gasteiger partial charge on any atom is -0.495 e. The summed E-state index contributed by atoms with van der Waals surface area (Å²) >= 11 is 0. The summed E-state index contributed by atoms with van der Waals surface area (Å²) in [6, 6.07) is 5.68. The summed E-state index contributed by atoms with van der Waals surface area (Å²) in [5.74, 6) is 0.535. The molecule has 17 heavy (non-hydrogen) atoms. The zero-order valence-electron chi connectivity index (χ0n) is 10.4. The zero-order chi connectivity index (χ0) is 12.7. The molecule has 1 aromatic carbocycles. The Balaban J connectivity index is 2.42. The van der Waals surface area contributed by atoms with Gasteiger partial charge in [-0.3, -0.25) is 4.79 Å². The fourth-order valence-corrected chi connectivity index (χ4v) is 1.61. The normalized spacial score (nSPS) is 10.0. The van der Waals surface area contributed by atoms with E-state index in [1.807, 2.05) is 25.1 Å². The van der Waals surface area contributed by atoms with Gasteiger partial charge in [0.2, 0.25) is 0 Å². The molecule has 0 saturated carbocycles. The number of nitrogens with two attached hydrogens (primary N) is 1. The van der Waals surface area contributed by atoms with Crippen LogP contribution in [0.2, 0.25) is 0 Å². The lowest BCUT2D eigenvalue weighted by Crippen LogP contribution is -2.04. The predicted octanol–water partition coefficient (Wildman–Crippen LogP) is 2.16. The molecule has 0 heterocycles.